The third kappa shape index (κ3) is 3.61. The van der Waals surface area contributed by atoms with Gasteiger partial charge >= 0.3 is 0 Å². The van der Waals surface area contributed by atoms with Gasteiger partial charge in [-0.3, -0.25) is 9.10 Å². The fourth-order valence-electron chi connectivity index (χ4n) is 2.56. The first-order valence-corrected chi connectivity index (χ1v) is 9.32. The zero-order chi connectivity index (χ0) is 16.3. The number of rotatable bonds is 4. The summed E-state index contributed by atoms with van der Waals surface area (Å²) in [6, 6.07) is 6.79. The van der Waals surface area contributed by atoms with E-state index in [0.29, 0.717) is 17.2 Å². The summed E-state index contributed by atoms with van der Waals surface area (Å²) >= 11 is 0. The summed E-state index contributed by atoms with van der Waals surface area (Å²) < 4.78 is 24.9. The lowest BCUT2D eigenvalue weighted by Gasteiger charge is -2.30. The lowest BCUT2D eigenvalue weighted by atomic mass is 9.98. The predicted molar refractivity (Wildman–Crippen MR) is 88.6 cm³/mol. The molecule has 1 aromatic carbocycles. The maximum atomic E-state index is 12.4. The van der Waals surface area contributed by atoms with E-state index in [2.05, 4.69) is 6.92 Å². The van der Waals surface area contributed by atoms with Gasteiger partial charge in [0.1, 0.15) is 0 Å². The maximum absolute atomic E-state index is 12.4. The summed E-state index contributed by atoms with van der Waals surface area (Å²) in [6.45, 7) is 5.42. The van der Waals surface area contributed by atoms with Gasteiger partial charge in [-0.05, 0) is 49.9 Å². The molecule has 1 amide bonds. The van der Waals surface area contributed by atoms with Crippen molar-refractivity contribution >= 4 is 21.6 Å². The van der Waals surface area contributed by atoms with Crippen molar-refractivity contribution in [1.82, 2.24) is 4.90 Å². The third-order valence-electron chi connectivity index (χ3n) is 4.33. The van der Waals surface area contributed by atoms with E-state index in [9.17, 15) is 13.2 Å². The number of anilines is 1. The molecule has 0 radical (unpaired) electrons. The number of hydrogen-bond acceptors (Lipinski definition) is 3. The number of sulfonamides is 1. The quantitative estimate of drug-likeness (QED) is 0.854. The van der Waals surface area contributed by atoms with Crippen molar-refractivity contribution in [1.29, 1.82) is 0 Å². The Morgan fingerprint density at radius 3 is 2.27 bits per heavy atom. The van der Waals surface area contributed by atoms with Gasteiger partial charge in [0.25, 0.3) is 5.91 Å². The van der Waals surface area contributed by atoms with Gasteiger partial charge in [-0.1, -0.05) is 6.92 Å². The first kappa shape index (κ1) is 16.8. The van der Waals surface area contributed by atoms with Crippen molar-refractivity contribution in [2.75, 3.05) is 30.2 Å². The molecule has 0 spiro atoms. The van der Waals surface area contributed by atoms with Crippen molar-refractivity contribution in [2.45, 2.75) is 26.7 Å². The van der Waals surface area contributed by atoms with Crippen molar-refractivity contribution in [2.24, 2.45) is 5.92 Å². The Hall–Kier alpha value is -1.56. The Bertz CT molecular complexity index is 617. The highest BCUT2D eigenvalue weighted by Gasteiger charge is 2.22. The smallest absolute Gasteiger partial charge is 0.253 e. The molecule has 1 saturated heterocycles. The van der Waals surface area contributed by atoms with Gasteiger partial charge in [-0.2, -0.15) is 0 Å². The lowest BCUT2D eigenvalue weighted by Crippen LogP contribution is -2.37. The molecule has 5 nitrogen and oxygen atoms in total. The van der Waals surface area contributed by atoms with Crippen LogP contribution in [0.2, 0.25) is 0 Å². The molecule has 0 unspecified atom stereocenters. The van der Waals surface area contributed by atoms with E-state index < -0.39 is 10.0 Å². The summed E-state index contributed by atoms with van der Waals surface area (Å²) in [7, 11) is -1.74. The molecular weight excluding hydrogens is 300 g/mol. The maximum Gasteiger partial charge on any atom is 0.253 e. The largest absolute Gasteiger partial charge is 0.339 e. The van der Waals surface area contributed by atoms with E-state index in [1.54, 1.807) is 31.2 Å². The van der Waals surface area contributed by atoms with Crippen LogP contribution in [-0.4, -0.2) is 45.1 Å². The second-order valence-corrected chi connectivity index (χ2v) is 8.18. The Kier molecular flexibility index (Phi) is 5.11. The van der Waals surface area contributed by atoms with Crippen LogP contribution in [0, 0.1) is 5.92 Å². The molecule has 6 heteroatoms. The van der Waals surface area contributed by atoms with Crippen LogP contribution in [0.15, 0.2) is 24.3 Å². The third-order valence-corrected chi connectivity index (χ3v) is 6.11. The number of likely N-dealkylation sites (tertiary alicyclic amines) is 1. The van der Waals surface area contributed by atoms with Crippen LogP contribution in [0.1, 0.15) is 37.0 Å². The summed E-state index contributed by atoms with van der Waals surface area (Å²) in [5, 5.41) is 0. The monoisotopic (exact) mass is 324 g/mol. The van der Waals surface area contributed by atoms with Gasteiger partial charge in [0.15, 0.2) is 0 Å². The molecule has 1 fully saturated rings. The molecule has 1 heterocycles. The van der Waals surface area contributed by atoms with Crippen LogP contribution in [0.3, 0.4) is 0 Å². The van der Waals surface area contributed by atoms with Crippen molar-refractivity contribution < 1.29 is 13.2 Å². The highest BCUT2D eigenvalue weighted by atomic mass is 32.2. The van der Waals surface area contributed by atoms with E-state index in [4.69, 9.17) is 0 Å². The first-order valence-electron chi connectivity index (χ1n) is 7.71. The van der Waals surface area contributed by atoms with Crippen LogP contribution in [0.25, 0.3) is 0 Å². The molecule has 0 saturated carbocycles. The Morgan fingerprint density at radius 1 is 1.23 bits per heavy atom. The molecule has 2 rings (SSSR count). The van der Waals surface area contributed by atoms with Crippen molar-refractivity contribution in [3.63, 3.8) is 0 Å². The number of carbonyl (C=O) groups excluding carboxylic acids is 1. The molecule has 0 aromatic heterocycles. The second kappa shape index (κ2) is 6.69. The van der Waals surface area contributed by atoms with E-state index in [1.807, 2.05) is 4.90 Å². The van der Waals surface area contributed by atoms with E-state index in [0.717, 1.165) is 25.9 Å². The fourth-order valence-corrected chi connectivity index (χ4v) is 3.39. The standard InChI is InChI=1S/C16H24N2O3S/c1-4-22(20,21)17(3)15-7-5-14(6-8-15)16(19)18-11-9-13(2)10-12-18/h5-8,13H,4,9-12H2,1-3H3. The topological polar surface area (TPSA) is 57.7 Å². The van der Waals surface area contributed by atoms with Crippen LogP contribution in [0.4, 0.5) is 5.69 Å². The molecule has 0 aliphatic carbocycles. The minimum absolute atomic E-state index is 0.0273. The zero-order valence-corrected chi connectivity index (χ0v) is 14.3. The van der Waals surface area contributed by atoms with Gasteiger partial charge in [0.05, 0.1) is 11.4 Å². The Balaban J connectivity index is 2.10. The molecule has 1 aliphatic rings. The van der Waals surface area contributed by atoms with E-state index in [-0.39, 0.29) is 11.7 Å². The lowest BCUT2D eigenvalue weighted by molar-refractivity contribution is 0.0697. The van der Waals surface area contributed by atoms with Crippen molar-refractivity contribution in [3.05, 3.63) is 29.8 Å². The van der Waals surface area contributed by atoms with Gasteiger partial charge in [0.2, 0.25) is 10.0 Å². The average molecular weight is 324 g/mol. The first-order chi connectivity index (χ1) is 10.3. The minimum Gasteiger partial charge on any atom is -0.339 e. The molecule has 0 atom stereocenters. The summed E-state index contributed by atoms with van der Waals surface area (Å²) in [5.74, 6) is 0.759. The molecule has 22 heavy (non-hydrogen) atoms. The van der Waals surface area contributed by atoms with Gasteiger partial charge < -0.3 is 4.90 Å². The predicted octanol–water partition coefficient (Wildman–Crippen LogP) is 2.34. The number of nitrogens with zero attached hydrogens (tertiary/aromatic N) is 2. The molecule has 1 aromatic rings. The SMILES string of the molecule is CCS(=O)(=O)N(C)c1ccc(C(=O)N2CCC(C)CC2)cc1. The number of amides is 1. The molecule has 122 valence electrons. The fraction of sp³-hybridized carbons (Fsp3) is 0.562. The highest BCUT2D eigenvalue weighted by molar-refractivity contribution is 7.92. The van der Waals surface area contributed by atoms with Gasteiger partial charge in [0, 0.05) is 25.7 Å². The van der Waals surface area contributed by atoms with E-state index in [1.165, 1.54) is 11.4 Å². The number of benzene rings is 1. The number of carbonyl (C=O) groups is 1. The molecule has 0 N–H and O–H groups in total. The molecule has 0 bridgehead atoms. The normalized spacial score (nSPS) is 16.6. The molecule has 1 aliphatic heterocycles. The highest BCUT2D eigenvalue weighted by Crippen LogP contribution is 2.21. The summed E-state index contributed by atoms with van der Waals surface area (Å²) in [5.41, 5.74) is 1.19. The average Bonchev–Trinajstić information content (AvgIpc) is 2.54. The van der Waals surface area contributed by atoms with Crippen LogP contribution >= 0.6 is 0 Å². The van der Waals surface area contributed by atoms with Crippen molar-refractivity contribution in [3.8, 4) is 0 Å². The number of hydrogen-bond donors (Lipinski definition) is 0. The summed E-state index contributed by atoms with van der Waals surface area (Å²) in [6.07, 6.45) is 2.09. The zero-order valence-electron chi connectivity index (χ0n) is 13.4. The minimum atomic E-state index is -3.27. The Labute approximate surface area is 133 Å². The van der Waals surface area contributed by atoms with Crippen LogP contribution in [0.5, 0.6) is 0 Å². The van der Waals surface area contributed by atoms with Gasteiger partial charge in [-0.25, -0.2) is 8.42 Å². The summed E-state index contributed by atoms with van der Waals surface area (Å²) in [4.78, 5) is 14.3. The second-order valence-electron chi connectivity index (χ2n) is 5.89. The number of piperidine rings is 1. The van der Waals surface area contributed by atoms with Crippen LogP contribution in [-0.2, 0) is 10.0 Å². The van der Waals surface area contributed by atoms with E-state index >= 15 is 0 Å². The Morgan fingerprint density at radius 2 is 1.77 bits per heavy atom. The van der Waals surface area contributed by atoms with Gasteiger partial charge in [-0.15, -0.1) is 0 Å². The molecular formula is C16H24N2O3S. The van der Waals surface area contributed by atoms with Crippen LogP contribution < -0.4 is 4.31 Å².